The summed E-state index contributed by atoms with van der Waals surface area (Å²) in [6, 6.07) is 6.32. The Morgan fingerprint density at radius 3 is 2.41 bits per heavy atom. The standard InChI is InChI=1S/C31H42BrN3O6/c1-7-15-33(20-11-13-21(14-12-20)40-9-3)27(37)23-24-28(38)34(17-10-18-36)26(31(24)19-22(32)25(23)41-31)29(39)35(16-8-2)30(4,5)6/h7-8,11-14,22-26,36H,1-2,9-10,15-19H2,3-6H3/t22?,23-,24+,25-,26?,31?/m1/s1. The molecule has 1 spiro atoms. The van der Waals surface area contributed by atoms with Gasteiger partial charge in [-0.3, -0.25) is 14.4 Å². The van der Waals surface area contributed by atoms with E-state index in [2.05, 4.69) is 29.1 Å². The van der Waals surface area contributed by atoms with Crippen molar-refractivity contribution in [3.05, 3.63) is 49.6 Å². The summed E-state index contributed by atoms with van der Waals surface area (Å²) in [6.45, 7) is 16.5. The normalized spacial score (nSPS) is 28.4. The number of hydrogen-bond donors (Lipinski definition) is 1. The minimum absolute atomic E-state index is 0.129. The monoisotopic (exact) mass is 631 g/mol. The second kappa shape index (κ2) is 12.3. The largest absolute Gasteiger partial charge is 0.494 e. The number of carbonyl (C=O) groups excluding carboxylic acids is 3. The van der Waals surface area contributed by atoms with Crippen molar-refractivity contribution in [1.82, 2.24) is 9.80 Å². The van der Waals surface area contributed by atoms with Crippen LogP contribution in [0.1, 0.15) is 40.5 Å². The molecule has 10 heteroatoms. The van der Waals surface area contributed by atoms with E-state index in [0.29, 0.717) is 37.4 Å². The minimum atomic E-state index is -1.17. The number of amides is 3. The third-order valence-electron chi connectivity index (χ3n) is 8.29. The van der Waals surface area contributed by atoms with Gasteiger partial charge < -0.3 is 29.3 Å². The van der Waals surface area contributed by atoms with E-state index in [4.69, 9.17) is 9.47 Å². The lowest BCUT2D eigenvalue weighted by atomic mass is 9.70. The Kier molecular flexibility index (Phi) is 9.35. The highest BCUT2D eigenvalue weighted by atomic mass is 79.9. The minimum Gasteiger partial charge on any atom is -0.494 e. The molecular weight excluding hydrogens is 590 g/mol. The van der Waals surface area contributed by atoms with E-state index in [-0.39, 0.29) is 42.2 Å². The number of nitrogens with zero attached hydrogens (tertiary/aromatic N) is 3. The van der Waals surface area contributed by atoms with Gasteiger partial charge in [0, 0.05) is 42.3 Å². The molecule has 3 aliphatic heterocycles. The number of ether oxygens (including phenoxy) is 2. The van der Waals surface area contributed by atoms with E-state index >= 15 is 0 Å². The van der Waals surface area contributed by atoms with E-state index in [1.807, 2.05) is 39.8 Å². The number of likely N-dealkylation sites (tertiary alicyclic amines) is 1. The summed E-state index contributed by atoms with van der Waals surface area (Å²) in [6.07, 6.45) is 3.47. The molecule has 3 fully saturated rings. The number of halogens is 1. The highest BCUT2D eigenvalue weighted by Gasteiger charge is 2.77. The predicted octanol–water partition coefficient (Wildman–Crippen LogP) is 3.55. The highest BCUT2D eigenvalue weighted by Crippen LogP contribution is 2.60. The predicted molar refractivity (Wildman–Crippen MR) is 161 cm³/mol. The average molecular weight is 633 g/mol. The molecule has 0 saturated carbocycles. The van der Waals surface area contributed by atoms with Crippen molar-refractivity contribution < 1.29 is 29.0 Å². The molecule has 224 valence electrons. The topological polar surface area (TPSA) is 99.6 Å². The molecular formula is C31H42BrN3O6. The molecule has 3 amide bonds. The van der Waals surface area contributed by atoms with Gasteiger partial charge in [-0.1, -0.05) is 28.1 Å². The molecule has 2 bridgehead atoms. The first kappa shape index (κ1) is 31.3. The second-order valence-electron chi connectivity index (χ2n) is 11.8. The van der Waals surface area contributed by atoms with E-state index in [1.165, 1.54) is 0 Å². The van der Waals surface area contributed by atoms with Crippen molar-refractivity contribution in [3.63, 3.8) is 0 Å². The summed E-state index contributed by atoms with van der Waals surface area (Å²) < 4.78 is 12.2. The Morgan fingerprint density at radius 2 is 1.85 bits per heavy atom. The molecule has 3 heterocycles. The zero-order chi connectivity index (χ0) is 30.1. The first-order valence-corrected chi connectivity index (χ1v) is 15.2. The first-order valence-electron chi connectivity index (χ1n) is 14.3. The maximum Gasteiger partial charge on any atom is 0.249 e. The fourth-order valence-electron chi connectivity index (χ4n) is 6.66. The smallest absolute Gasteiger partial charge is 0.249 e. The van der Waals surface area contributed by atoms with Gasteiger partial charge in [0.25, 0.3) is 0 Å². The number of fused-ring (bicyclic) bond motifs is 1. The van der Waals surface area contributed by atoms with Crippen molar-refractivity contribution >= 4 is 39.3 Å². The van der Waals surface area contributed by atoms with Gasteiger partial charge in [0.1, 0.15) is 17.4 Å². The first-order chi connectivity index (χ1) is 19.5. The Balaban J connectivity index is 1.76. The fourth-order valence-corrected chi connectivity index (χ4v) is 7.61. The van der Waals surface area contributed by atoms with Crippen LogP contribution < -0.4 is 9.64 Å². The summed E-state index contributed by atoms with van der Waals surface area (Å²) in [5, 5.41) is 9.62. The van der Waals surface area contributed by atoms with Gasteiger partial charge in [-0.15, -0.1) is 13.2 Å². The van der Waals surface area contributed by atoms with E-state index in [0.717, 1.165) is 0 Å². The van der Waals surface area contributed by atoms with E-state index < -0.39 is 35.1 Å². The number of aliphatic hydroxyl groups excluding tert-OH is 1. The van der Waals surface area contributed by atoms with Gasteiger partial charge in [-0.2, -0.15) is 0 Å². The molecule has 1 aromatic carbocycles. The molecule has 3 saturated heterocycles. The zero-order valence-corrected chi connectivity index (χ0v) is 26.0. The third-order valence-corrected chi connectivity index (χ3v) is 9.13. The summed E-state index contributed by atoms with van der Waals surface area (Å²) in [7, 11) is 0. The van der Waals surface area contributed by atoms with Crippen LogP contribution in [0.5, 0.6) is 5.75 Å². The average Bonchev–Trinajstić information content (AvgIpc) is 3.51. The van der Waals surface area contributed by atoms with E-state index in [1.54, 1.807) is 39.0 Å². The molecule has 0 aromatic heterocycles. The molecule has 1 aromatic rings. The molecule has 3 aliphatic rings. The Labute approximate surface area is 251 Å². The van der Waals surface area contributed by atoms with Gasteiger partial charge in [-0.25, -0.2) is 0 Å². The number of carbonyl (C=O) groups is 3. The lowest BCUT2D eigenvalue weighted by molar-refractivity contribution is -0.151. The van der Waals surface area contributed by atoms with Crippen LogP contribution >= 0.6 is 15.9 Å². The van der Waals surface area contributed by atoms with Gasteiger partial charge >= 0.3 is 0 Å². The van der Waals surface area contributed by atoms with Crippen LogP contribution in [0.4, 0.5) is 5.69 Å². The van der Waals surface area contributed by atoms with Crippen molar-refractivity contribution in [2.75, 3.05) is 37.7 Å². The Hall–Kier alpha value is -2.69. The molecule has 9 nitrogen and oxygen atoms in total. The van der Waals surface area contributed by atoms with Crippen LogP contribution in [0, 0.1) is 11.8 Å². The number of aliphatic hydroxyl groups is 1. The number of anilines is 1. The SMILES string of the molecule is C=CCN(C(=O)[C@H]1[C@@H]2OC3(CC2Br)C(C(=O)N(CC=C)C(C)(C)C)N(CCCO)C(=O)[C@H]13)c1ccc(OCC)cc1. The van der Waals surface area contributed by atoms with Crippen molar-refractivity contribution in [1.29, 1.82) is 0 Å². The number of rotatable bonds is 12. The lowest BCUT2D eigenvalue weighted by Crippen LogP contribution is -2.60. The molecule has 0 radical (unpaired) electrons. The lowest BCUT2D eigenvalue weighted by Gasteiger charge is -2.42. The maximum absolute atomic E-state index is 14.4. The molecule has 0 aliphatic carbocycles. The van der Waals surface area contributed by atoms with Crippen LogP contribution in [0.25, 0.3) is 0 Å². The second-order valence-corrected chi connectivity index (χ2v) is 13.0. The van der Waals surface area contributed by atoms with Gasteiger partial charge in [-0.05, 0) is 64.8 Å². The fraction of sp³-hybridized carbons (Fsp3) is 0.581. The summed E-state index contributed by atoms with van der Waals surface area (Å²) in [5.41, 5.74) is -1.06. The van der Waals surface area contributed by atoms with Crippen LogP contribution in [-0.4, -0.2) is 93.6 Å². The molecule has 3 unspecified atom stereocenters. The number of benzene rings is 1. The summed E-state index contributed by atoms with van der Waals surface area (Å²) in [5.74, 6) is -1.72. The Morgan fingerprint density at radius 1 is 1.20 bits per heavy atom. The highest BCUT2D eigenvalue weighted by molar-refractivity contribution is 9.09. The van der Waals surface area contributed by atoms with Gasteiger partial charge in [0.15, 0.2) is 0 Å². The van der Waals surface area contributed by atoms with E-state index in [9.17, 15) is 19.5 Å². The van der Waals surface area contributed by atoms with Crippen LogP contribution in [0.3, 0.4) is 0 Å². The van der Waals surface area contributed by atoms with Gasteiger partial charge in [0.05, 0.1) is 24.5 Å². The quantitative estimate of drug-likeness (QED) is 0.280. The van der Waals surface area contributed by atoms with Crippen molar-refractivity contribution in [2.45, 2.75) is 68.6 Å². The zero-order valence-electron chi connectivity index (χ0n) is 24.4. The molecule has 4 rings (SSSR count). The number of hydrogen-bond acceptors (Lipinski definition) is 6. The maximum atomic E-state index is 14.4. The molecule has 41 heavy (non-hydrogen) atoms. The van der Waals surface area contributed by atoms with Gasteiger partial charge in [0.2, 0.25) is 17.7 Å². The summed E-state index contributed by atoms with van der Waals surface area (Å²) in [4.78, 5) is 47.6. The van der Waals surface area contributed by atoms with Crippen molar-refractivity contribution in [2.24, 2.45) is 11.8 Å². The molecule has 1 N–H and O–H groups in total. The number of alkyl halides is 1. The summed E-state index contributed by atoms with van der Waals surface area (Å²) >= 11 is 3.74. The van der Waals surface area contributed by atoms with Crippen molar-refractivity contribution in [3.8, 4) is 5.75 Å². The van der Waals surface area contributed by atoms with Crippen LogP contribution in [0.15, 0.2) is 49.6 Å². The van der Waals surface area contributed by atoms with Crippen LogP contribution in [0.2, 0.25) is 0 Å². The Bertz CT molecular complexity index is 1170. The third kappa shape index (κ3) is 5.46. The molecule has 6 atom stereocenters. The van der Waals surface area contributed by atoms with Crippen LogP contribution in [-0.2, 0) is 19.1 Å².